The topological polar surface area (TPSA) is 150 Å². The molecule has 1 amide bonds. The molecule has 45 heavy (non-hydrogen) atoms. The van der Waals surface area contributed by atoms with E-state index in [1.807, 2.05) is 24.3 Å². The summed E-state index contributed by atoms with van der Waals surface area (Å²) in [5.74, 6) is -0.337. The monoisotopic (exact) mass is 652 g/mol. The van der Waals surface area contributed by atoms with Gasteiger partial charge in [0.25, 0.3) is 11.5 Å². The lowest BCUT2D eigenvalue weighted by Crippen LogP contribution is -2.43. The zero-order valence-corrected chi connectivity index (χ0v) is 26.1. The number of fused-ring (bicyclic) bond motifs is 1. The molecule has 2 aromatic heterocycles. The minimum absolute atomic E-state index is 0.0347. The van der Waals surface area contributed by atoms with Crippen molar-refractivity contribution in [3.05, 3.63) is 90.2 Å². The number of aromatic nitrogens is 4. The molecule has 12 nitrogen and oxygen atoms in total. The number of carbonyl (C=O) groups excluding carboxylic acids is 1. The number of ether oxygens (including phenoxy) is 2. The molecule has 1 aliphatic carbocycles. The van der Waals surface area contributed by atoms with Crippen molar-refractivity contribution in [2.24, 2.45) is 14.1 Å². The molecule has 0 spiro atoms. The van der Waals surface area contributed by atoms with Crippen LogP contribution in [0.25, 0.3) is 22.4 Å². The van der Waals surface area contributed by atoms with Crippen LogP contribution in [0.3, 0.4) is 0 Å². The van der Waals surface area contributed by atoms with Gasteiger partial charge in [0.2, 0.25) is 11.6 Å². The lowest BCUT2D eigenvalue weighted by molar-refractivity contribution is 0.101. The summed E-state index contributed by atoms with van der Waals surface area (Å²) in [6.45, 7) is 0.755. The van der Waals surface area contributed by atoms with E-state index in [1.165, 1.54) is 14.1 Å². The molecule has 2 aromatic carbocycles. The van der Waals surface area contributed by atoms with Crippen LogP contribution < -0.4 is 26.6 Å². The molecule has 3 heterocycles. The molecule has 0 unspecified atom stereocenters. The standard InChI is InChI=1S/C31H30Cl2N6O6/c1-38-30(42)27(37-39(2)31(38)43)28(41)35-20-9-5-7-17(26(20)33)16-6-4-8-18(25(16)32)21-12-15-10-11-19(24(15)29(36-21)44-3)34-22-13-45-14-23(22)40/h4-9,12,19,22-23,34,40H,10-11,13-14H2,1-3H3,(H,35,41)/t19-,22+,23+/m0/s1. The van der Waals surface area contributed by atoms with Gasteiger partial charge in [-0.3, -0.25) is 14.2 Å². The van der Waals surface area contributed by atoms with Gasteiger partial charge in [-0.2, -0.15) is 5.10 Å². The van der Waals surface area contributed by atoms with Gasteiger partial charge < -0.3 is 25.2 Å². The fourth-order valence-electron chi connectivity index (χ4n) is 5.82. The zero-order valence-electron chi connectivity index (χ0n) is 24.6. The number of aryl methyl sites for hydroxylation is 2. The predicted octanol–water partition coefficient (Wildman–Crippen LogP) is 3.11. The van der Waals surface area contributed by atoms with Gasteiger partial charge in [0, 0.05) is 42.4 Å². The molecule has 6 rings (SSSR count). The average molecular weight is 654 g/mol. The van der Waals surface area contributed by atoms with E-state index in [1.54, 1.807) is 25.3 Å². The van der Waals surface area contributed by atoms with E-state index in [2.05, 4.69) is 15.7 Å². The number of nitrogens with one attached hydrogen (secondary N) is 2. The Balaban J connectivity index is 1.32. The molecule has 1 fully saturated rings. The third-order valence-electron chi connectivity index (χ3n) is 8.17. The Morgan fingerprint density at radius 1 is 1.07 bits per heavy atom. The third-order valence-corrected chi connectivity index (χ3v) is 8.98. The van der Waals surface area contributed by atoms with Crippen LogP contribution in [0.2, 0.25) is 10.0 Å². The number of amides is 1. The minimum Gasteiger partial charge on any atom is -0.481 e. The summed E-state index contributed by atoms with van der Waals surface area (Å²) >= 11 is 13.8. The fraction of sp³-hybridized carbons (Fsp3) is 0.323. The summed E-state index contributed by atoms with van der Waals surface area (Å²) < 4.78 is 12.9. The number of benzene rings is 2. The predicted molar refractivity (Wildman–Crippen MR) is 169 cm³/mol. The smallest absolute Gasteiger partial charge is 0.346 e. The lowest BCUT2D eigenvalue weighted by atomic mass is 9.99. The molecule has 2 aliphatic rings. The molecule has 1 saturated heterocycles. The first kappa shape index (κ1) is 30.9. The highest BCUT2D eigenvalue weighted by Gasteiger charge is 2.34. The van der Waals surface area contributed by atoms with Crippen molar-refractivity contribution in [3.8, 4) is 28.3 Å². The summed E-state index contributed by atoms with van der Waals surface area (Å²) in [6.07, 6.45) is 1.05. The van der Waals surface area contributed by atoms with Crippen LogP contribution in [-0.4, -0.2) is 62.8 Å². The first-order valence-electron chi connectivity index (χ1n) is 14.2. The summed E-state index contributed by atoms with van der Waals surface area (Å²) in [5.41, 5.74) is 2.75. The number of rotatable bonds is 7. The number of nitrogens with zero attached hydrogens (tertiary/aromatic N) is 4. The maximum atomic E-state index is 13.0. The van der Waals surface area contributed by atoms with Gasteiger partial charge in [-0.1, -0.05) is 53.5 Å². The van der Waals surface area contributed by atoms with Crippen LogP contribution in [0.4, 0.5) is 5.69 Å². The van der Waals surface area contributed by atoms with Gasteiger partial charge in [0.1, 0.15) is 0 Å². The Bertz CT molecular complexity index is 1940. The van der Waals surface area contributed by atoms with E-state index in [9.17, 15) is 19.5 Å². The number of halogens is 2. The van der Waals surface area contributed by atoms with Gasteiger partial charge >= 0.3 is 5.69 Å². The molecule has 3 N–H and O–H groups in total. The number of aliphatic hydroxyl groups excluding tert-OH is 1. The van der Waals surface area contributed by atoms with Crippen molar-refractivity contribution in [2.75, 3.05) is 25.6 Å². The van der Waals surface area contributed by atoms with E-state index >= 15 is 0 Å². The Morgan fingerprint density at radius 2 is 1.78 bits per heavy atom. The van der Waals surface area contributed by atoms with Gasteiger partial charge in [-0.25, -0.2) is 14.5 Å². The van der Waals surface area contributed by atoms with Crippen molar-refractivity contribution in [1.82, 2.24) is 24.6 Å². The van der Waals surface area contributed by atoms with E-state index < -0.39 is 29.0 Å². The highest BCUT2D eigenvalue weighted by molar-refractivity contribution is 6.39. The van der Waals surface area contributed by atoms with Crippen LogP contribution in [0.1, 0.15) is 34.1 Å². The maximum absolute atomic E-state index is 13.0. The molecule has 3 atom stereocenters. The van der Waals surface area contributed by atoms with E-state index in [4.69, 9.17) is 37.7 Å². The second-order valence-electron chi connectivity index (χ2n) is 11.0. The Kier molecular flexibility index (Phi) is 8.51. The average Bonchev–Trinajstić information content (AvgIpc) is 3.64. The minimum atomic E-state index is -0.830. The van der Waals surface area contributed by atoms with E-state index in [0.717, 1.165) is 33.2 Å². The first-order valence-corrected chi connectivity index (χ1v) is 15.0. The fourth-order valence-corrected chi connectivity index (χ4v) is 6.42. The second-order valence-corrected chi connectivity index (χ2v) is 11.7. The van der Waals surface area contributed by atoms with Crippen LogP contribution in [0, 0.1) is 0 Å². The molecule has 0 radical (unpaired) electrons. The van der Waals surface area contributed by atoms with Crippen LogP contribution in [0.5, 0.6) is 5.88 Å². The van der Waals surface area contributed by atoms with Crippen LogP contribution in [-0.2, 0) is 25.3 Å². The number of carbonyl (C=O) groups is 1. The van der Waals surface area contributed by atoms with Crippen LogP contribution >= 0.6 is 23.2 Å². The summed E-state index contributed by atoms with van der Waals surface area (Å²) in [7, 11) is 4.19. The third kappa shape index (κ3) is 5.64. The molecule has 0 saturated carbocycles. The Hall–Kier alpha value is -4.07. The number of methoxy groups -OCH3 is 1. The summed E-state index contributed by atoms with van der Waals surface area (Å²) in [4.78, 5) is 42.4. The Morgan fingerprint density at radius 3 is 2.49 bits per heavy atom. The zero-order chi connectivity index (χ0) is 32.0. The van der Waals surface area contributed by atoms with E-state index in [-0.39, 0.29) is 22.8 Å². The van der Waals surface area contributed by atoms with Crippen molar-refractivity contribution >= 4 is 34.8 Å². The Labute approximate surface area is 267 Å². The number of aliphatic hydroxyl groups is 1. The van der Waals surface area contributed by atoms with Crippen LogP contribution in [0.15, 0.2) is 52.1 Å². The largest absolute Gasteiger partial charge is 0.481 e. The normalized spacial score (nSPS) is 19.0. The molecule has 0 bridgehead atoms. The number of hydrogen-bond acceptors (Lipinski definition) is 9. The van der Waals surface area contributed by atoms with Crippen molar-refractivity contribution < 1.29 is 19.4 Å². The molecule has 1 aliphatic heterocycles. The quantitative estimate of drug-likeness (QED) is 0.274. The molecular weight excluding hydrogens is 623 g/mol. The number of anilines is 1. The first-order chi connectivity index (χ1) is 21.6. The van der Waals surface area contributed by atoms with E-state index in [0.29, 0.717) is 46.5 Å². The van der Waals surface area contributed by atoms with Gasteiger partial charge in [0.05, 0.1) is 53.9 Å². The van der Waals surface area contributed by atoms with Crippen molar-refractivity contribution in [1.29, 1.82) is 0 Å². The SMILES string of the molecule is COc1nc(-c2cccc(-c3cccc(NC(=O)c4nn(C)c(=O)n(C)c4=O)c3Cl)c2Cl)cc2c1[C@@H](N[C@@H]1COC[C@H]1O)CC2. The van der Waals surface area contributed by atoms with Gasteiger partial charge in [0.15, 0.2) is 0 Å². The maximum Gasteiger partial charge on any atom is 0.346 e. The molecule has 4 aromatic rings. The number of pyridine rings is 1. The van der Waals surface area contributed by atoms with Gasteiger partial charge in [-0.15, -0.1) is 0 Å². The van der Waals surface area contributed by atoms with Crippen molar-refractivity contribution in [3.63, 3.8) is 0 Å². The van der Waals surface area contributed by atoms with Gasteiger partial charge in [-0.05, 0) is 30.5 Å². The molecule has 14 heteroatoms. The second kappa shape index (κ2) is 12.4. The summed E-state index contributed by atoms with van der Waals surface area (Å²) in [6, 6.07) is 12.4. The number of hydrogen-bond donors (Lipinski definition) is 3. The lowest BCUT2D eigenvalue weighted by Gasteiger charge is -2.22. The highest BCUT2D eigenvalue weighted by Crippen LogP contribution is 2.44. The van der Waals surface area contributed by atoms with Crippen molar-refractivity contribution in [2.45, 2.75) is 31.0 Å². The summed E-state index contributed by atoms with van der Waals surface area (Å²) in [5, 5.41) is 20.8. The highest BCUT2D eigenvalue weighted by atomic mass is 35.5. The molecular formula is C31H30Cl2N6O6. The molecule has 234 valence electrons.